The lowest BCUT2D eigenvalue weighted by atomic mass is 9.94. The molecule has 0 bridgehead atoms. The van der Waals surface area contributed by atoms with Gasteiger partial charge in [0, 0.05) is 18.8 Å². The van der Waals surface area contributed by atoms with Gasteiger partial charge < -0.3 is 10.2 Å². The summed E-state index contributed by atoms with van der Waals surface area (Å²) in [5, 5.41) is 19.8. The minimum absolute atomic E-state index is 0.0624. The number of ketones is 1. The fourth-order valence-electron chi connectivity index (χ4n) is 2.19. The Balaban J connectivity index is 2.56. The van der Waals surface area contributed by atoms with Gasteiger partial charge in [-0.15, -0.1) is 6.42 Å². The predicted molar refractivity (Wildman–Crippen MR) is 70.8 cm³/mol. The molecular weight excluding hydrogens is 228 g/mol. The van der Waals surface area contributed by atoms with E-state index in [1.54, 1.807) is 12.2 Å². The highest BCUT2D eigenvalue weighted by Crippen LogP contribution is 2.26. The fraction of sp³-hybridized carbons (Fsp3) is 0.667. The number of unbranched alkanes of at least 4 members (excludes halogenated alkanes) is 2. The van der Waals surface area contributed by atoms with Crippen LogP contribution in [-0.2, 0) is 4.79 Å². The van der Waals surface area contributed by atoms with Gasteiger partial charge in [-0.2, -0.15) is 0 Å². The third-order valence-electron chi connectivity index (χ3n) is 3.42. The van der Waals surface area contributed by atoms with Gasteiger partial charge in [-0.05, 0) is 18.9 Å². The Bertz CT molecular complexity index is 353. The van der Waals surface area contributed by atoms with Crippen LogP contribution >= 0.6 is 0 Å². The number of rotatable bonds is 6. The van der Waals surface area contributed by atoms with Crippen LogP contribution in [0.15, 0.2) is 12.2 Å². The summed E-state index contributed by atoms with van der Waals surface area (Å²) in [5.74, 6) is 2.25. The first-order chi connectivity index (χ1) is 8.50. The summed E-state index contributed by atoms with van der Waals surface area (Å²) in [4.78, 5) is 11.2. The molecule has 0 aromatic heterocycles. The molecule has 2 unspecified atom stereocenters. The molecule has 1 rings (SSSR count). The lowest BCUT2D eigenvalue weighted by Gasteiger charge is -2.19. The smallest absolute Gasteiger partial charge is 0.143 e. The van der Waals surface area contributed by atoms with E-state index in [-0.39, 0.29) is 18.1 Å². The fourth-order valence-corrected chi connectivity index (χ4v) is 2.19. The molecule has 3 nitrogen and oxygen atoms in total. The van der Waals surface area contributed by atoms with Crippen LogP contribution in [0.5, 0.6) is 0 Å². The molecule has 100 valence electrons. The van der Waals surface area contributed by atoms with E-state index in [4.69, 9.17) is 6.42 Å². The normalized spacial score (nSPS) is 27.3. The van der Waals surface area contributed by atoms with Crippen LogP contribution in [0.2, 0.25) is 0 Å². The number of carbonyl (C=O) groups excluding carboxylic acids is 1. The maximum atomic E-state index is 11.2. The Kier molecular flexibility index (Phi) is 5.58. The molecule has 0 spiro atoms. The van der Waals surface area contributed by atoms with Gasteiger partial charge in [0.15, 0.2) is 0 Å². The molecule has 0 aromatic carbocycles. The summed E-state index contributed by atoms with van der Waals surface area (Å²) in [6, 6.07) is 0. The van der Waals surface area contributed by atoms with Crippen LogP contribution in [-0.4, -0.2) is 27.7 Å². The number of Topliss-reactive ketones (excluding diaryl/α,β-unsaturated/α-hetero) is 1. The highest BCUT2D eigenvalue weighted by atomic mass is 16.3. The summed E-state index contributed by atoms with van der Waals surface area (Å²) in [6.07, 6.45) is 12.0. The third kappa shape index (κ3) is 4.29. The van der Waals surface area contributed by atoms with Crippen LogP contribution in [0.1, 0.15) is 45.4 Å². The quantitative estimate of drug-likeness (QED) is 0.429. The Morgan fingerprint density at radius 2 is 2.22 bits per heavy atom. The summed E-state index contributed by atoms with van der Waals surface area (Å²) < 4.78 is 0. The monoisotopic (exact) mass is 250 g/mol. The average Bonchev–Trinajstić information content (AvgIpc) is 2.66. The van der Waals surface area contributed by atoms with Crippen LogP contribution in [0.3, 0.4) is 0 Å². The predicted octanol–water partition coefficient (Wildman–Crippen LogP) is 1.83. The first-order valence-electron chi connectivity index (χ1n) is 6.60. The van der Waals surface area contributed by atoms with Crippen molar-refractivity contribution in [2.24, 2.45) is 5.92 Å². The van der Waals surface area contributed by atoms with Gasteiger partial charge in [0.1, 0.15) is 11.4 Å². The van der Waals surface area contributed by atoms with Crippen LogP contribution < -0.4 is 0 Å². The molecule has 0 aliphatic heterocycles. The third-order valence-corrected chi connectivity index (χ3v) is 3.42. The largest absolute Gasteiger partial charge is 0.392 e. The van der Waals surface area contributed by atoms with Gasteiger partial charge in [0.25, 0.3) is 0 Å². The molecule has 1 aliphatic rings. The minimum atomic E-state index is -1.25. The zero-order valence-corrected chi connectivity index (χ0v) is 10.9. The Hall–Kier alpha value is -1.11. The van der Waals surface area contributed by atoms with Crippen molar-refractivity contribution in [1.29, 1.82) is 0 Å². The second-order valence-corrected chi connectivity index (χ2v) is 5.06. The highest BCUT2D eigenvalue weighted by molar-refractivity contribution is 5.81. The molecule has 0 heterocycles. The second-order valence-electron chi connectivity index (χ2n) is 5.06. The van der Waals surface area contributed by atoms with Crippen LogP contribution in [0, 0.1) is 18.3 Å². The molecule has 0 amide bonds. The second kappa shape index (κ2) is 6.72. The average molecular weight is 250 g/mol. The SMILES string of the molecule is C#C[C@@](O)(C=CC1CC(=O)CC1O)CCCCC. The molecule has 1 fully saturated rings. The molecule has 0 radical (unpaired) electrons. The number of hydrogen-bond acceptors (Lipinski definition) is 3. The van der Waals surface area contributed by atoms with E-state index < -0.39 is 11.7 Å². The Morgan fingerprint density at radius 3 is 2.72 bits per heavy atom. The maximum Gasteiger partial charge on any atom is 0.143 e. The van der Waals surface area contributed by atoms with Crippen molar-refractivity contribution in [3.8, 4) is 12.3 Å². The molecular formula is C15H22O3. The van der Waals surface area contributed by atoms with E-state index >= 15 is 0 Å². The van der Waals surface area contributed by atoms with Crippen molar-refractivity contribution < 1.29 is 15.0 Å². The van der Waals surface area contributed by atoms with Crippen molar-refractivity contribution >= 4 is 5.78 Å². The maximum absolute atomic E-state index is 11.2. The van der Waals surface area contributed by atoms with E-state index in [2.05, 4.69) is 12.8 Å². The lowest BCUT2D eigenvalue weighted by Crippen LogP contribution is -2.24. The lowest BCUT2D eigenvalue weighted by molar-refractivity contribution is -0.117. The number of aliphatic hydroxyl groups excluding tert-OH is 1. The zero-order chi connectivity index (χ0) is 13.6. The van der Waals surface area contributed by atoms with Crippen molar-refractivity contribution in [1.82, 2.24) is 0 Å². The Morgan fingerprint density at radius 1 is 1.50 bits per heavy atom. The molecule has 3 heteroatoms. The summed E-state index contributed by atoms with van der Waals surface area (Å²) in [7, 11) is 0. The van der Waals surface area contributed by atoms with Crippen LogP contribution in [0.25, 0.3) is 0 Å². The molecule has 3 atom stereocenters. The van der Waals surface area contributed by atoms with Gasteiger partial charge in [-0.25, -0.2) is 0 Å². The first kappa shape index (κ1) is 14.9. The van der Waals surface area contributed by atoms with E-state index in [9.17, 15) is 15.0 Å². The number of terminal acetylenes is 1. The van der Waals surface area contributed by atoms with Crippen molar-refractivity contribution in [2.45, 2.75) is 57.2 Å². The van der Waals surface area contributed by atoms with Gasteiger partial charge >= 0.3 is 0 Å². The van der Waals surface area contributed by atoms with Crippen molar-refractivity contribution in [3.63, 3.8) is 0 Å². The van der Waals surface area contributed by atoms with Crippen molar-refractivity contribution in [2.75, 3.05) is 0 Å². The molecule has 0 aromatic rings. The topological polar surface area (TPSA) is 57.5 Å². The van der Waals surface area contributed by atoms with E-state index in [1.807, 2.05) is 0 Å². The Labute approximate surface area is 109 Å². The van der Waals surface area contributed by atoms with Gasteiger partial charge in [-0.1, -0.05) is 31.8 Å². The van der Waals surface area contributed by atoms with Gasteiger partial charge in [0.05, 0.1) is 6.10 Å². The van der Waals surface area contributed by atoms with Gasteiger partial charge in [-0.3, -0.25) is 4.79 Å². The van der Waals surface area contributed by atoms with Crippen molar-refractivity contribution in [3.05, 3.63) is 12.2 Å². The first-order valence-corrected chi connectivity index (χ1v) is 6.60. The summed E-state index contributed by atoms with van der Waals surface area (Å²) >= 11 is 0. The molecule has 18 heavy (non-hydrogen) atoms. The zero-order valence-electron chi connectivity index (χ0n) is 10.9. The minimum Gasteiger partial charge on any atom is -0.392 e. The molecule has 1 aliphatic carbocycles. The van der Waals surface area contributed by atoms with Gasteiger partial charge in [0.2, 0.25) is 0 Å². The van der Waals surface area contributed by atoms with Crippen LogP contribution in [0.4, 0.5) is 0 Å². The highest BCUT2D eigenvalue weighted by Gasteiger charge is 2.30. The summed E-state index contributed by atoms with van der Waals surface area (Å²) in [5.41, 5.74) is -1.25. The molecule has 2 N–H and O–H groups in total. The van der Waals surface area contributed by atoms with E-state index in [0.717, 1.165) is 19.3 Å². The number of hydrogen-bond donors (Lipinski definition) is 2. The number of carbonyl (C=O) groups is 1. The standard InChI is InChI=1S/C15H22O3/c1-3-5-6-8-15(18,4-2)9-7-12-10-13(16)11-14(12)17/h2,7,9,12,14,17-18H,3,5-6,8,10-11H2,1H3/t12?,14?,15-/m0/s1. The molecule has 0 saturated heterocycles. The van der Waals surface area contributed by atoms with E-state index in [0.29, 0.717) is 12.8 Å². The summed E-state index contributed by atoms with van der Waals surface area (Å²) in [6.45, 7) is 2.09. The molecule has 1 saturated carbocycles. The number of aliphatic hydroxyl groups is 2. The van der Waals surface area contributed by atoms with E-state index in [1.165, 1.54) is 0 Å².